The highest BCUT2D eigenvalue weighted by Crippen LogP contribution is 2.23. The summed E-state index contributed by atoms with van der Waals surface area (Å²) in [6.07, 6.45) is 5.77. The third kappa shape index (κ3) is 3.61. The van der Waals surface area contributed by atoms with E-state index in [1.165, 1.54) is 15.3 Å². The van der Waals surface area contributed by atoms with E-state index in [1.807, 2.05) is 17.6 Å². The molecule has 20 heavy (non-hydrogen) atoms. The molecule has 2 unspecified atom stereocenters. The molecule has 1 N–H and O–H groups in total. The highest BCUT2D eigenvalue weighted by atomic mass is 35.5. The average Bonchev–Trinajstić information content (AvgIpc) is 2.92. The first-order valence-electron chi connectivity index (χ1n) is 5.64. The van der Waals surface area contributed by atoms with Crippen LogP contribution in [-0.2, 0) is 17.4 Å². The number of hydrogen-bond donors (Lipinski definition) is 1. The van der Waals surface area contributed by atoms with Crippen molar-refractivity contribution in [1.29, 1.82) is 5.26 Å². The Morgan fingerprint density at radius 3 is 2.85 bits per heavy atom. The molecule has 0 spiro atoms. The summed E-state index contributed by atoms with van der Waals surface area (Å²) >= 11 is 7.28. The molecule has 0 saturated carbocycles. The van der Waals surface area contributed by atoms with E-state index in [0.717, 1.165) is 11.3 Å². The molecule has 2 aromatic rings. The SMILES string of the molecule is CS(O)=[N+](C#N)C(Cc1cscn1)c1ccc(Cl)nc1. The molecule has 104 valence electrons. The highest BCUT2D eigenvalue weighted by molar-refractivity contribution is 7.78. The summed E-state index contributed by atoms with van der Waals surface area (Å²) in [6.45, 7) is 0. The Kier molecular flexibility index (Phi) is 5.20. The van der Waals surface area contributed by atoms with E-state index in [0.29, 0.717) is 11.6 Å². The lowest BCUT2D eigenvalue weighted by atomic mass is 10.0. The Balaban J connectivity index is 2.41. The lowest BCUT2D eigenvalue weighted by molar-refractivity contribution is -0.468. The molecule has 0 aliphatic carbocycles. The van der Waals surface area contributed by atoms with Crippen LogP contribution in [0.25, 0.3) is 0 Å². The van der Waals surface area contributed by atoms with Crippen molar-refractivity contribution < 1.29 is 8.50 Å². The first-order chi connectivity index (χ1) is 9.61. The van der Waals surface area contributed by atoms with Crippen molar-refractivity contribution >= 4 is 33.9 Å². The van der Waals surface area contributed by atoms with Gasteiger partial charge >= 0.3 is 6.19 Å². The minimum absolute atomic E-state index is 0.315. The van der Waals surface area contributed by atoms with Gasteiger partial charge in [0.05, 0.1) is 11.2 Å². The van der Waals surface area contributed by atoms with Crippen molar-refractivity contribution in [2.24, 2.45) is 0 Å². The maximum absolute atomic E-state index is 9.79. The third-order valence-electron chi connectivity index (χ3n) is 2.69. The number of pyridine rings is 1. The molecule has 2 aromatic heterocycles. The largest absolute Gasteiger partial charge is 0.468 e. The number of rotatable bonds is 4. The maximum atomic E-state index is 9.79. The number of nitrogens with zero attached hydrogens (tertiary/aromatic N) is 4. The van der Waals surface area contributed by atoms with E-state index in [-0.39, 0.29) is 6.04 Å². The maximum Gasteiger partial charge on any atom is 0.468 e. The van der Waals surface area contributed by atoms with Crippen molar-refractivity contribution in [3.8, 4) is 6.19 Å². The number of nitriles is 1. The Morgan fingerprint density at radius 1 is 1.55 bits per heavy atom. The van der Waals surface area contributed by atoms with E-state index in [4.69, 9.17) is 11.6 Å². The first-order valence-corrected chi connectivity index (χ1v) is 8.51. The topological polar surface area (TPSA) is 72.8 Å². The number of aromatic nitrogens is 2. The molecule has 0 aliphatic rings. The van der Waals surface area contributed by atoms with Crippen LogP contribution in [0.1, 0.15) is 17.3 Å². The van der Waals surface area contributed by atoms with E-state index < -0.39 is 11.0 Å². The number of halogens is 1. The normalized spacial score (nSPS) is 14.4. The first kappa shape index (κ1) is 15.1. The van der Waals surface area contributed by atoms with Gasteiger partial charge in [0.15, 0.2) is 11.3 Å². The van der Waals surface area contributed by atoms with E-state index >= 15 is 0 Å². The molecule has 5 nitrogen and oxygen atoms in total. The molecule has 0 aliphatic heterocycles. The van der Waals surface area contributed by atoms with Crippen LogP contribution in [-0.4, -0.2) is 24.7 Å². The Hall–Kier alpha value is -1.33. The van der Waals surface area contributed by atoms with Crippen LogP contribution in [0.4, 0.5) is 0 Å². The number of hydrogen-bond acceptors (Lipinski definition) is 4. The van der Waals surface area contributed by atoms with Crippen molar-refractivity contribution in [1.82, 2.24) is 9.97 Å². The lowest BCUT2D eigenvalue weighted by Crippen LogP contribution is -2.20. The second-order valence-corrected chi connectivity index (χ2v) is 6.38. The van der Waals surface area contributed by atoms with Crippen molar-refractivity contribution in [3.63, 3.8) is 0 Å². The van der Waals surface area contributed by atoms with E-state index in [2.05, 4.69) is 9.97 Å². The average molecular weight is 328 g/mol. The van der Waals surface area contributed by atoms with Crippen LogP contribution in [0.2, 0.25) is 5.15 Å². The summed E-state index contributed by atoms with van der Waals surface area (Å²) in [5.74, 6) is 0. The molecule has 8 heteroatoms. The summed E-state index contributed by atoms with van der Waals surface area (Å²) in [4.78, 5) is 8.27. The van der Waals surface area contributed by atoms with Gasteiger partial charge in [-0.05, 0) is 6.07 Å². The predicted octanol–water partition coefficient (Wildman–Crippen LogP) is 2.87. The second-order valence-electron chi connectivity index (χ2n) is 3.99. The van der Waals surface area contributed by atoms with Gasteiger partial charge in [0.1, 0.15) is 16.1 Å². The van der Waals surface area contributed by atoms with Gasteiger partial charge in [-0.3, -0.25) is 0 Å². The molecular weight excluding hydrogens is 316 g/mol. The molecule has 0 bridgehead atoms. The van der Waals surface area contributed by atoms with Gasteiger partial charge < -0.3 is 4.55 Å². The Labute approximate surface area is 128 Å². The fraction of sp³-hybridized carbons (Fsp3) is 0.250. The minimum atomic E-state index is -1.16. The second kappa shape index (κ2) is 6.90. The van der Waals surface area contributed by atoms with Crippen LogP contribution < -0.4 is 0 Å². The fourth-order valence-electron chi connectivity index (χ4n) is 1.77. The quantitative estimate of drug-likeness (QED) is 0.405. The van der Waals surface area contributed by atoms with Gasteiger partial charge in [0.2, 0.25) is 0 Å². The van der Waals surface area contributed by atoms with E-state index in [1.54, 1.807) is 24.0 Å². The van der Waals surface area contributed by atoms with Gasteiger partial charge in [0.25, 0.3) is 0 Å². The highest BCUT2D eigenvalue weighted by Gasteiger charge is 2.24. The van der Waals surface area contributed by atoms with Crippen LogP contribution in [0.5, 0.6) is 0 Å². The van der Waals surface area contributed by atoms with Gasteiger partial charge in [-0.2, -0.15) is 0 Å². The molecule has 0 amide bonds. The monoisotopic (exact) mass is 327 g/mol. The third-order valence-corrected chi connectivity index (χ3v) is 4.45. The predicted molar refractivity (Wildman–Crippen MR) is 79.6 cm³/mol. The van der Waals surface area contributed by atoms with Crippen LogP contribution in [0.15, 0.2) is 29.2 Å². The molecule has 2 atom stereocenters. The van der Waals surface area contributed by atoms with Gasteiger partial charge in [-0.25, -0.2) is 9.97 Å². The Morgan fingerprint density at radius 2 is 2.35 bits per heavy atom. The van der Waals surface area contributed by atoms with Gasteiger partial charge in [0, 0.05) is 29.8 Å². The summed E-state index contributed by atoms with van der Waals surface area (Å²) in [5.41, 5.74) is 3.44. The lowest BCUT2D eigenvalue weighted by Gasteiger charge is -2.13. The minimum Gasteiger partial charge on any atom is -0.306 e. The zero-order chi connectivity index (χ0) is 14.5. The van der Waals surface area contributed by atoms with Gasteiger partial charge in [-0.15, -0.1) is 15.3 Å². The summed E-state index contributed by atoms with van der Waals surface area (Å²) < 4.78 is 11.1. The zero-order valence-electron chi connectivity index (χ0n) is 10.6. The van der Waals surface area contributed by atoms with Crippen LogP contribution in [0, 0.1) is 11.5 Å². The standard InChI is InChI=1S/C12H11ClN4OS2/c1-20(18)17(7-14)11(4-10-6-19-8-16-10)9-2-3-12(13)15-5-9/h2-3,5-6,8,11H,4H2,1H3/p+1. The summed E-state index contributed by atoms with van der Waals surface area (Å²) in [7, 11) is -1.16. The molecule has 0 radical (unpaired) electrons. The zero-order valence-corrected chi connectivity index (χ0v) is 13.0. The smallest absolute Gasteiger partial charge is 0.306 e. The van der Waals surface area contributed by atoms with E-state index in [9.17, 15) is 9.81 Å². The van der Waals surface area contributed by atoms with Gasteiger partial charge in [-0.1, -0.05) is 17.7 Å². The number of thiazole rings is 1. The molecule has 2 heterocycles. The van der Waals surface area contributed by atoms with Crippen molar-refractivity contribution in [2.75, 3.05) is 6.26 Å². The summed E-state index contributed by atoms with van der Waals surface area (Å²) in [6, 6.07) is 3.17. The van der Waals surface area contributed by atoms with Crippen molar-refractivity contribution in [3.05, 3.63) is 45.6 Å². The Bertz CT molecular complexity index is 645. The van der Waals surface area contributed by atoms with Crippen molar-refractivity contribution in [2.45, 2.75) is 12.5 Å². The molecular formula is C12H12ClN4OS2+. The van der Waals surface area contributed by atoms with Crippen LogP contribution in [0.3, 0.4) is 0 Å². The molecule has 0 aromatic carbocycles. The molecule has 2 rings (SSSR count). The van der Waals surface area contributed by atoms with Crippen LogP contribution >= 0.6 is 22.9 Å². The molecule has 0 fully saturated rings. The summed E-state index contributed by atoms with van der Waals surface area (Å²) in [5, 5.41) is 11.6. The molecule has 0 saturated heterocycles. The fourth-order valence-corrected chi connectivity index (χ4v) is 3.14.